The lowest BCUT2D eigenvalue weighted by molar-refractivity contribution is 1.14. The highest BCUT2D eigenvalue weighted by Crippen LogP contribution is 2.38. The Morgan fingerprint density at radius 1 is 0.407 bits per heavy atom. The molecule has 0 saturated carbocycles. The predicted octanol–water partition coefficient (Wildman–Crippen LogP) is 10.5. The molecule has 54 heavy (non-hydrogen) atoms. The molecule has 0 bridgehead atoms. The topological polar surface area (TPSA) is 51.4 Å². The Balaban J connectivity index is 0.00000117. The number of aromatic amines is 1. The molecule has 11 aromatic rings. The van der Waals surface area contributed by atoms with E-state index in [1.165, 1.54) is 33.0 Å². The molecular formula is C46H29B3N5. The Hall–Kier alpha value is -6.79. The summed E-state index contributed by atoms with van der Waals surface area (Å²) in [6.07, 6.45) is 3.77. The number of aromatic nitrogens is 5. The van der Waals surface area contributed by atoms with Crippen molar-refractivity contribution in [2.75, 3.05) is 0 Å². The van der Waals surface area contributed by atoms with E-state index >= 15 is 0 Å². The molecule has 0 aliphatic carbocycles. The van der Waals surface area contributed by atoms with Crippen LogP contribution in [0.2, 0.25) is 0 Å². The van der Waals surface area contributed by atoms with Crippen LogP contribution in [0.4, 0.5) is 0 Å². The van der Waals surface area contributed by atoms with E-state index in [-0.39, 0.29) is 0 Å². The number of rotatable bonds is 4. The van der Waals surface area contributed by atoms with Gasteiger partial charge in [-0.15, -0.1) is 0 Å². The fraction of sp³-hybridized carbons (Fsp3) is 0. The van der Waals surface area contributed by atoms with Crippen LogP contribution in [0.1, 0.15) is 0 Å². The fourth-order valence-corrected chi connectivity index (χ4v) is 7.99. The van der Waals surface area contributed by atoms with Crippen molar-refractivity contribution < 1.29 is 0 Å². The molecule has 247 valence electrons. The van der Waals surface area contributed by atoms with Crippen LogP contribution in [-0.4, -0.2) is 46.6 Å². The summed E-state index contributed by atoms with van der Waals surface area (Å²) in [5, 5.41) is 6.99. The molecule has 0 atom stereocenters. The Bertz CT molecular complexity index is 2950. The lowest BCUT2D eigenvalue weighted by Gasteiger charge is -2.09. The van der Waals surface area contributed by atoms with Crippen LogP contribution in [0.3, 0.4) is 0 Å². The summed E-state index contributed by atoms with van der Waals surface area (Å²) in [7, 11) is 10.0. The van der Waals surface area contributed by atoms with Crippen molar-refractivity contribution in [2.24, 2.45) is 0 Å². The monoisotopic (exact) mass is 684 g/mol. The van der Waals surface area contributed by atoms with Gasteiger partial charge in [0, 0.05) is 89.7 Å². The Labute approximate surface area is 314 Å². The zero-order chi connectivity index (χ0) is 36.2. The Morgan fingerprint density at radius 2 is 0.852 bits per heavy atom. The second-order valence-corrected chi connectivity index (χ2v) is 13.4. The highest BCUT2D eigenvalue weighted by Gasteiger charge is 2.18. The summed E-state index contributed by atoms with van der Waals surface area (Å²) < 4.78 is 4.59. The first kappa shape index (κ1) is 31.9. The first-order valence-electron chi connectivity index (χ1n) is 17.9. The zero-order valence-electron chi connectivity index (χ0n) is 29.2. The van der Waals surface area contributed by atoms with Crippen LogP contribution in [0.5, 0.6) is 0 Å². The molecular weight excluding hydrogens is 655 g/mol. The summed E-state index contributed by atoms with van der Waals surface area (Å²) in [6.45, 7) is 0. The molecule has 0 saturated heterocycles. The van der Waals surface area contributed by atoms with E-state index in [1.807, 2.05) is 24.5 Å². The van der Waals surface area contributed by atoms with E-state index in [2.05, 4.69) is 175 Å². The summed E-state index contributed by atoms with van der Waals surface area (Å²) in [4.78, 5) is 13.5. The van der Waals surface area contributed by atoms with E-state index in [0.717, 1.165) is 73.3 Å². The molecule has 0 spiro atoms. The third-order valence-electron chi connectivity index (χ3n) is 10.3. The second-order valence-electron chi connectivity index (χ2n) is 13.4. The number of pyridine rings is 2. The van der Waals surface area contributed by atoms with Crippen molar-refractivity contribution in [1.29, 1.82) is 0 Å². The number of nitrogens with zero attached hydrogens (tertiary/aromatic N) is 4. The average molecular weight is 684 g/mol. The SMILES string of the molecule is [B][B][B].c1ccc(-c2ccc3c(c2)c2cccnc2n3-c2ccc3[nH]c4ccc(-n5c6ccc(-c7ccccc7)cc6c6cccnc65)cc4c3c2)cc1. The van der Waals surface area contributed by atoms with E-state index in [1.54, 1.807) is 0 Å². The fourth-order valence-electron chi connectivity index (χ4n) is 7.99. The van der Waals surface area contributed by atoms with Crippen LogP contribution in [0.15, 0.2) is 170 Å². The predicted molar refractivity (Wildman–Crippen MR) is 228 cm³/mol. The van der Waals surface area contributed by atoms with Crippen molar-refractivity contribution in [1.82, 2.24) is 24.1 Å². The largest absolute Gasteiger partial charge is 0.355 e. The van der Waals surface area contributed by atoms with E-state index in [9.17, 15) is 0 Å². The smallest absolute Gasteiger partial charge is 0.145 e. The van der Waals surface area contributed by atoms with Crippen LogP contribution >= 0.6 is 0 Å². The molecule has 1 N–H and O–H groups in total. The number of benzene rings is 6. The normalized spacial score (nSPS) is 11.5. The van der Waals surface area contributed by atoms with Gasteiger partial charge in [0.05, 0.1) is 11.0 Å². The van der Waals surface area contributed by atoms with Gasteiger partial charge in [0.2, 0.25) is 0 Å². The van der Waals surface area contributed by atoms with Crippen molar-refractivity contribution in [3.8, 4) is 33.6 Å². The number of fused-ring (bicyclic) bond motifs is 9. The number of nitrogens with one attached hydrogen (secondary N) is 1. The maximum atomic E-state index is 4.90. The van der Waals surface area contributed by atoms with Crippen molar-refractivity contribution in [3.05, 3.63) is 170 Å². The van der Waals surface area contributed by atoms with Crippen molar-refractivity contribution in [2.45, 2.75) is 0 Å². The number of hydrogen-bond acceptors (Lipinski definition) is 2. The Kier molecular flexibility index (Phi) is 7.69. The summed E-state index contributed by atoms with van der Waals surface area (Å²) in [5.41, 5.74) is 13.3. The summed E-state index contributed by atoms with van der Waals surface area (Å²) >= 11 is 0. The standard InChI is InChI=1S/C46H29N5.B3/c1-3-9-29(10-4-1)31-15-21-43-39(25-31)35-13-7-23-47-45(35)50(43)33-17-19-41-37(27-33)38-28-34(18-20-42(38)49-41)51-44-22-16-32(30-11-5-2-6-12-30)26-40(44)36-14-8-24-48-46(36)51;1-3-2/h1-28,49H;. The van der Waals surface area contributed by atoms with Crippen LogP contribution < -0.4 is 0 Å². The molecule has 5 heterocycles. The maximum absolute atomic E-state index is 4.90. The van der Waals surface area contributed by atoms with Crippen LogP contribution in [0, 0.1) is 0 Å². The van der Waals surface area contributed by atoms with E-state index in [0.29, 0.717) is 0 Å². The van der Waals surface area contributed by atoms with Gasteiger partial charge in [0.25, 0.3) is 0 Å². The molecule has 0 aliphatic heterocycles. The summed E-state index contributed by atoms with van der Waals surface area (Å²) in [6, 6.07) is 56.4. The molecule has 0 amide bonds. The van der Waals surface area contributed by atoms with Crippen LogP contribution in [0.25, 0.3) is 99.3 Å². The minimum absolute atomic E-state index is 0.948. The molecule has 5 radical (unpaired) electrons. The van der Waals surface area contributed by atoms with Gasteiger partial charge in [-0.3, -0.25) is 9.13 Å². The van der Waals surface area contributed by atoms with Gasteiger partial charge in [0.15, 0.2) is 0 Å². The van der Waals surface area contributed by atoms with E-state index in [4.69, 9.17) is 9.97 Å². The number of hydrogen-bond donors (Lipinski definition) is 1. The van der Waals surface area contributed by atoms with Gasteiger partial charge < -0.3 is 4.98 Å². The minimum Gasteiger partial charge on any atom is -0.355 e. The highest BCUT2D eigenvalue weighted by atomic mass is 15.1. The van der Waals surface area contributed by atoms with Gasteiger partial charge in [-0.25, -0.2) is 9.97 Å². The molecule has 0 aliphatic rings. The molecule has 5 aromatic heterocycles. The minimum atomic E-state index is 0.948. The van der Waals surface area contributed by atoms with Crippen molar-refractivity contribution >= 4 is 88.2 Å². The van der Waals surface area contributed by atoms with Gasteiger partial charge in [0.1, 0.15) is 11.3 Å². The number of H-pyrrole nitrogens is 1. The second kappa shape index (κ2) is 13.0. The van der Waals surface area contributed by atoms with Gasteiger partial charge in [-0.05, 0) is 107 Å². The zero-order valence-corrected chi connectivity index (χ0v) is 29.2. The molecule has 0 fully saturated rings. The lowest BCUT2D eigenvalue weighted by Crippen LogP contribution is -1.95. The third kappa shape index (κ3) is 5.13. The first-order valence-corrected chi connectivity index (χ1v) is 17.9. The maximum Gasteiger partial charge on any atom is 0.145 e. The quantitative estimate of drug-likeness (QED) is 0.188. The molecule has 11 rings (SSSR count). The first-order chi connectivity index (χ1) is 26.7. The molecule has 8 heteroatoms. The van der Waals surface area contributed by atoms with Crippen molar-refractivity contribution in [3.63, 3.8) is 0 Å². The Morgan fingerprint density at radius 3 is 1.30 bits per heavy atom. The van der Waals surface area contributed by atoms with Gasteiger partial charge in [-0.2, -0.15) is 0 Å². The highest BCUT2D eigenvalue weighted by molar-refractivity contribution is 7.17. The van der Waals surface area contributed by atoms with Crippen LogP contribution in [-0.2, 0) is 0 Å². The molecule has 6 aromatic carbocycles. The van der Waals surface area contributed by atoms with E-state index < -0.39 is 0 Å². The molecule has 5 nitrogen and oxygen atoms in total. The summed E-state index contributed by atoms with van der Waals surface area (Å²) in [5.74, 6) is 0. The molecule has 0 unspecified atom stereocenters. The van der Waals surface area contributed by atoms with Gasteiger partial charge >= 0.3 is 0 Å². The lowest BCUT2D eigenvalue weighted by atomic mass is 9.40. The third-order valence-corrected chi connectivity index (χ3v) is 10.3. The average Bonchev–Trinajstić information content (AvgIpc) is 3.88. The van der Waals surface area contributed by atoms with Gasteiger partial charge in [-0.1, -0.05) is 72.8 Å².